The van der Waals surface area contributed by atoms with Crippen LogP contribution in [0.3, 0.4) is 0 Å². The lowest BCUT2D eigenvalue weighted by Gasteiger charge is -2.23. The minimum absolute atomic E-state index is 0.0793. The van der Waals surface area contributed by atoms with Gasteiger partial charge in [0.05, 0.1) is 25.4 Å². The Morgan fingerprint density at radius 1 is 0.593 bits per heavy atom. The van der Waals surface area contributed by atoms with Gasteiger partial charge in [-0.05, 0) is 44.9 Å². The number of phosphoric ester groups is 1. The molecule has 5 N–H and O–H groups in total. The number of unbranched alkanes of at least 4 members (excludes halogenated alkanes) is 29. The monoisotopic (exact) mass is 785 g/mol. The molecule has 0 aliphatic heterocycles. The first kappa shape index (κ1) is 53.0. The molecular formula is C45H89N2O6P. The van der Waals surface area contributed by atoms with Gasteiger partial charge in [-0.15, -0.1) is 0 Å². The smallest absolute Gasteiger partial charge is 0.387 e. The van der Waals surface area contributed by atoms with Gasteiger partial charge in [-0.25, -0.2) is 4.57 Å². The highest BCUT2D eigenvalue weighted by molar-refractivity contribution is 7.47. The van der Waals surface area contributed by atoms with Gasteiger partial charge in [-0.2, -0.15) is 0 Å². The van der Waals surface area contributed by atoms with Crippen molar-refractivity contribution in [3.63, 3.8) is 0 Å². The Morgan fingerprint density at radius 3 is 1.37 bits per heavy atom. The van der Waals surface area contributed by atoms with Gasteiger partial charge in [0.25, 0.3) is 0 Å². The van der Waals surface area contributed by atoms with Crippen LogP contribution in [0.2, 0.25) is 0 Å². The largest absolute Gasteiger partial charge is 0.472 e. The molecule has 0 spiro atoms. The number of aliphatic hydroxyl groups excluding tert-OH is 1. The molecule has 320 valence electrons. The van der Waals surface area contributed by atoms with E-state index in [2.05, 4.69) is 31.3 Å². The van der Waals surface area contributed by atoms with Crippen LogP contribution in [-0.2, 0) is 18.4 Å². The summed E-state index contributed by atoms with van der Waals surface area (Å²) in [7, 11) is -4.34. The minimum Gasteiger partial charge on any atom is -0.387 e. The maximum absolute atomic E-state index is 12.8. The van der Waals surface area contributed by atoms with E-state index in [0.29, 0.717) is 6.42 Å². The van der Waals surface area contributed by atoms with E-state index >= 15 is 0 Å². The van der Waals surface area contributed by atoms with E-state index in [0.717, 1.165) is 38.5 Å². The first-order valence-corrected chi connectivity index (χ1v) is 24.5. The summed E-state index contributed by atoms with van der Waals surface area (Å²) < 4.78 is 22.1. The van der Waals surface area contributed by atoms with Crippen molar-refractivity contribution in [2.75, 3.05) is 19.8 Å². The molecule has 0 aliphatic carbocycles. The topological polar surface area (TPSA) is 131 Å². The third-order valence-corrected chi connectivity index (χ3v) is 11.3. The van der Waals surface area contributed by atoms with Gasteiger partial charge in [0.1, 0.15) is 0 Å². The van der Waals surface area contributed by atoms with E-state index in [1.807, 2.05) is 6.08 Å². The lowest BCUT2D eigenvalue weighted by Crippen LogP contribution is -2.45. The lowest BCUT2D eigenvalue weighted by atomic mass is 10.0. The molecule has 3 atom stereocenters. The Balaban J connectivity index is 4.13. The number of nitrogens with one attached hydrogen (secondary N) is 1. The van der Waals surface area contributed by atoms with E-state index in [9.17, 15) is 19.4 Å². The van der Waals surface area contributed by atoms with E-state index < -0.39 is 20.0 Å². The number of carbonyl (C=O) groups is 1. The second-order valence-corrected chi connectivity index (χ2v) is 17.1. The van der Waals surface area contributed by atoms with Crippen molar-refractivity contribution >= 4 is 13.7 Å². The summed E-state index contributed by atoms with van der Waals surface area (Å²) in [4.78, 5) is 22.7. The number of nitrogens with two attached hydrogens (primary N) is 1. The average Bonchev–Trinajstić information content (AvgIpc) is 3.16. The molecule has 0 saturated carbocycles. The van der Waals surface area contributed by atoms with E-state index in [-0.39, 0.29) is 25.7 Å². The number of allylic oxidation sites excluding steroid dienone is 3. The van der Waals surface area contributed by atoms with Crippen LogP contribution in [0.25, 0.3) is 0 Å². The van der Waals surface area contributed by atoms with Crippen molar-refractivity contribution in [2.45, 2.75) is 238 Å². The van der Waals surface area contributed by atoms with Gasteiger partial charge in [-0.3, -0.25) is 13.8 Å². The third kappa shape index (κ3) is 39.2. The number of phosphoric acid groups is 1. The SMILES string of the molecule is CCCCCCCCCC/C=C\CCCCCCCCCCCC(=O)NC(COP(=O)(O)OCCN)C(O)/C=C/CCCCCCCCCCCCCC. The zero-order valence-electron chi connectivity index (χ0n) is 35.5. The van der Waals surface area contributed by atoms with Gasteiger partial charge in [-0.1, -0.05) is 199 Å². The number of aliphatic hydroxyl groups is 1. The molecule has 0 radical (unpaired) electrons. The highest BCUT2D eigenvalue weighted by atomic mass is 31.2. The van der Waals surface area contributed by atoms with Crippen LogP contribution in [0.15, 0.2) is 24.3 Å². The Morgan fingerprint density at radius 2 is 0.963 bits per heavy atom. The molecule has 54 heavy (non-hydrogen) atoms. The van der Waals surface area contributed by atoms with Crippen LogP contribution in [0, 0.1) is 0 Å². The molecule has 0 fully saturated rings. The molecule has 0 rings (SSSR count). The quantitative estimate of drug-likeness (QED) is 0.0275. The number of carbonyl (C=O) groups excluding carboxylic acids is 1. The minimum atomic E-state index is -4.34. The van der Waals surface area contributed by atoms with Crippen LogP contribution in [-0.4, -0.2) is 47.8 Å². The molecule has 0 aliphatic rings. The normalized spacial score (nSPS) is 14.2. The number of amides is 1. The van der Waals surface area contributed by atoms with Crippen LogP contribution < -0.4 is 11.1 Å². The summed E-state index contributed by atoms with van der Waals surface area (Å²) in [6.07, 6.45) is 48.0. The Hall–Kier alpha value is -1.02. The van der Waals surface area contributed by atoms with Crippen molar-refractivity contribution in [3.05, 3.63) is 24.3 Å². The fourth-order valence-corrected chi connectivity index (χ4v) is 7.53. The van der Waals surface area contributed by atoms with Crippen LogP contribution in [0.5, 0.6) is 0 Å². The van der Waals surface area contributed by atoms with E-state index in [1.54, 1.807) is 6.08 Å². The van der Waals surface area contributed by atoms with Crippen LogP contribution in [0.1, 0.15) is 226 Å². The van der Waals surface area contributed by atoms with Gasteiger partial charge >= 0.3 is 7.82 Å². The van der Waals surface area contributed by atoms with Crippen LogP contribution in [0.4, 0.5) is 0 Å². The molecular weight excluding hydrogens is 695 g/mol. The Labute approximate surface area is 334 Å². The summed E-state index contributed by atoms with van der Waals surface area (Å²) in [6, 6.07) is -0.858. The van der Waals surface area contributed by atoms with Crippen LogP contribution >= 0.6 is 7.82 Å². The van der Waals surface area contributed by atoms with E-state index in [4.69, 9.17) is 14.8 Å². The Kier molecular flexibility index (Phi) is 40.8. The lowest BCUT2D eigenvalue weighted by molar-refractivity contribution is -0.123. The predicted molar refractivity (Wildman–Crippen MR) is 231 cm³/mol. The van der Waals surface area contributed by atoms with Gasteiger partial charge in [0.15, 0.2) is 0 Å². The molecule has 0 aromatic heterocycles. The number of hydrogen-bond donors (Lipinski definition) is 4. The molecule has 0 saturated heterocycles. The maximum Gasteiger partial charge on any atom is 0.472 e. The summed E-state index contributed by atoms with van der Waals surface area (Å²) in [5, 5.41) is 13.7. The van der Waals surface area contributed by atoms with Crippen molar-refractivity contribution < 1.29 is 28.4 Å². The van der Waals surface area contributed by atoms with Crippen molar-refractivity contribution in [2.24, 2.45) is 5.73 Å². The highest BCUT2D eigenvalue weighted by Gasteiger charge is 2.26. The van der Waals surface area contributed by atoms with E-state index in [1.165, 1.54) is 167 Å². The number of rotatable bonds is 43. The second kappa shape index (κ2) is 41.6. The predicted octanol–water partition coefficient (Wildman–Crippen LogP) is 12.9. The van der Waals surface area contributed by atoms with Crippen molar-refractivity contribution in [1.82, 2.24) is 5.32 Å². The molecule has 0 heterocycles. The summed E-state index contributed by atoms with van der Waals surface area (Å²) in [5.41, 5.74) is 5.38. The second-order valence-electron chi connectivity index (χ2n) is 15.6. The van der Waals surface area contributed by atoms with Crippen molar-refractivity contribution in [3.8, 4) is 0 Å². The summed E-state index contributed by atoms with van der Waals surface area (Å²) in [5.74, 6) is -0.195. The van der Waals surface area contributed by atoms with Gasteiger partial charge in [0.2, 0.25) is 5.91 Å². The molecule has 0 aromatic carbocycles. The van der Waals surface area contributed by atoms with Gasteiger partial charge in [0, 0.05) is 13.0 Å². The maximum atomic E-state index is 12.8. The number of hydrogen-bond acceptors (Lipinski definition) is 6. The zero-order chi connectivity index (χ0) is 39.6. The average molecular weight is 785 g/mol. The molecule has 0 bridgehead atoms. The standard InChI is InChI=1S/C45H89N2O6P/c1-3-5-7-9-11-13-15-17-19-20-21-22-23-24-25-27-29-31-33-35-37-39-45(49)47-43(42-53-54(50,51)52-41-40-46)44(48)38-36-34-32-30-28-26-18-16-14-12-10-8-6-4-2/h20-21,36,38,43-44,48H,3-19,22-35,37,39-42,46H2,1-2H3,(H,47,49)(H,50,51)/b21-20-,38-36+. The van der Waals surface area contributed by atoms with Gasteiger partial charge < -0.3 is 21.1 Å². The van der Waals surface area contributed by atoms with Crippen molar-refractivity contribution in [1.29, 1.82) is 0 Å². The third-order valence-electron chi connectivity index (χ3n) is 10.3. The summed E-state index contributed by atoms with van der Waals surface area (Å²) in [6.45, 7) is 4.15. The molecule has 1 amide bonds. The molecule has 9 heteroatoms. The highest BCUT2D eigenvalue weighted by Crippen LogP contribution is 2.43. The first-order chi connectivity index (χ1) is 26.4. The molecule has 8 nitrogen and oxygen atoms in total. The zero-order valence-corrected chi connectivity index (χ0v) is 36.4. The fraction of sp³-hybridized carbons (Fsp3) is 0.889. The summed E-state index contributed by atoms with van der Waals surface area (Å²) >= 11 is 0. The Bertz CT molecular complexity index is 901. The fourth-order valence-electron chi connectivity index (χ4n) is 6.77. The molecule has 0 aromatic rings. The first-order valence-electron chi connectivity index (χ1n) is 23.0. The molecule has 3 unspecified atom stereocenters.